The minimum Gasteiger partial charge on any atom is -0.369 e. The molecule has 1 aromatic heterocycles. The molecule has 19 heavy (non-hydrogen) atoms. The van der Waals surface area contributed by atoms with E-state index in [1.807, 2.05) is 18.0 Å². The number of rotatable bonds is 4. The highest BCUT2D eigenvalue weighted by Crippen LogP contribution is 2.22. The summed E-state index contributed by atoms with van der Waals surface area (Å²) in [5.74, 6) is 0.457. The van der Waals surface area contributed by atoms with Gasteiger partial charge in [-0.2, -0.15) is 0 Å². The standard InChI is InChI=1S/C13H18N2O3S/c1-3-13(16)12-5-4-10(8-14-12)15(2)11-6-7-19(17,18)9-11/h4-5,8,11H,3,6-7,9H2,1-2H3. The fraction of sp³-hybridized carbons (Fsp3) is 0.538. The van der Waals surface area contributed by atoms with Crippen molar-refractivity contribution in [3.05, 3.63) is 24.0 Å². The van der Waals surface area contributed by atoms with Gasteiger partial charge in [0.25, 0.3) is 0 Å². The van der Waals surface area contributed by atoms with Gasteiger partial charge in [0.15, 0.2) is 15.6 Å². The lowest BCUT2D eigenvalue weighted by Gasteiger charge is -2.25. The summed E-state index contributed by atoms with van der Waals surface area (Å²) in [5.41, 5.74) is 1.30. The Hall–Kier alpha value is -1.43. The second kappa shape index (κ2) is 5.28. The summed E-state index contributed by atoms with van der Waals surface area (Å²) in [7, 11) is -1.03. The second-order valence-electron chi connectivity index (χ2n) is 4.85. The summed E-state index contributed by atoms with van der Waals surface area (Å²) in [6.07, 6.45) is 2.71. The van der Waals surface area contributed by atoms with E-state index in [2.05, 4.69) is 4.98 Å². The molecule has 0 saturated carbocycles. The average Bonchev–Trinajstić information content (AvgIpc) is 2.77. The Balaban J connectivity index is 2.12. The summed E-state index contributed by atoms with van der Waals surface area (Å²) in [4.78, 5) is 17.5. The van der Waals surface area contributed by atoms with Gasteiger partial charge in [0, 0.05) is 19.5 Å². The van der Waals surface area contributed by atoms with Crippen LogP contribution in [0.15, 0.2) is 18.3 Å². The molecule has 0 N–H and O–H groups in total. The zero-order valence-corrected chi connectivity index (χ0v) is 12.0. The lowest BCUT2D eigenvalue weighted by atomic mass is 10.2. The Bertz CT molecular complexity index is 566. The molecule has 0 aliphatic carbocycles. The molecule has 0 amide bonds. The van der Waals surface area contributed by atoms with Crippen molar-refractivity contribution in [3.8, 4) is 0 Å². The molecule has 0 spiro atoms. The van der Waals surface area contributed by atoms with Gasteiger partial charge in [-0.25, -0.2) is 8.42 Å². The molecule has 1 saturated heterocycles. The minimum absolute atomic E-state index is 0.000438. The molecule has 104 valence electrons. The normalized spacial score (nSPS) is 21.3. The summed E-state index contributed by atoms with van der Waals surface area (Å²) in [6, 6.07) is 3.52. The molecule has 2 rings (SSSR count). The minimum atomic E-state index is -2.89. The largest absolute Gasteiger partial charge is 0.369 e. The lowest BCUT2D eigenvalue weighted by molar-refractivity contribution is 0.0983. The van der Waals surface area contributed by atoms with Gasteiger partial charge >= 0.3 is 0 Å². The predicted molar refractivity (Wildman–Crippen MR) is 74.3 cm³/mol. The summed E-state index contributed by atoms with van der Waals surface area (Å²) in [5, 5.41) is 0. The number of hydrogen-bond acceptors (Lipinski definition) is 5. The first-order chi connectivity index (χ1) is 8.93. The molecule has 0 radical (unpaired) electrons. The van der Waals surface area contributed by atoms with Crippen LogP contribution in [0.2, 0.25) is 0 Å². The lowest BCUT2D eigenvalue weighted by Crippen LogP contribution is -2.32. The molecule has 6 heteroatoms. The van der Waals surface area contributed by atoms with E-state index in [9.17, 15) is 13.2 Å². The van der Waals surface area contributed by atoms with Crippen LogP contribution in [-0.4, -0.2) is 43.8 Å². The van der Waals surface area contributed by atoms with E-state index in [1.54, 1.807) is 19.2 Å². The van der Waals surface area contributed by atoms with E-state index in [1.165, 1.54) is 0 Å². The maximum Gasteiger partial charge on any atom is 0.180 e. The zero-order chi connectivity index (χ0) is 14.0. The predicted octanol–water partition coefficient (Wildman–Crippen LogP) is 1.30. The summed E-state index contributed by atoms with van der Waals surface area (Å²) < 4.78 is 22.9. The van der Waals surface area contributed by atoms with Crippen molar-refractivity contribution in [2.75, 3.05) is 23.5 Å². The quantitative estimate of drug-likeness (QED) is 0.779. The van der Waals surface area contributed by atoms with E-state index in [0.717, 1.165) is 5.69 Å². The number of ketones is 1. The first-order valence-corrected chi connectivity index (χ1v) is 8.17. The summed E-state index contributed by atoms with van der Waals surface area (Å²) >= 11 is 0. The van der Waals surface area contributed by atoms with Gasteiger partial charge in [-0.05, 0) is 18.6 Å². The molecule has 5 nitrogen and oxygen atoms in total. The molecule has 1 atom stereocenters. The summed E-state index contributed by atoms with van der Waals surface area (Å²) in [6.45, 7) is 1.80. The van der Waals surface area contributed by atoms with E-state index < -0.39 is 9.84 Å². The van der Waals surface area contributed by atoms with Gasteiger partial charge in [0.1, 0.15) is 5.69 Å². The fourth-order valence-corrected chi connectivity index (χ4v) is 4.01. The molecule has 0 bridgehead atoms. The Kier molecular flexibility index (Phi) is 3.89. The Morgan fingerprint density at radius 2 is 2.21 bits per heavy atom. The number of Topliss-reactive ketones (excluding diaryl/α,β-unsaturated/α-hetero) is 1. The first-order valence-electron chi connectivity index (χ1n) is 6.35. The molecule has 0 aromatic carbocycles. The third kappa shape index (κ3) is 3.12. The van der Waals surface area contributed by atoms with Crippen molar-refractivity contribution >= 4 is 21.3 Å². The van der Waals surface area contributed by atoms with Crippen molar-refractivity contribution in [2.24, 2.45) is 0 Å². The van der Waals surface area contributed by atoms with Crippen LogP contribution in [0, 0.1) is 0 Å². The van der Waals surface area contributed by atoms with Crippen molar-refractivity contribution < 1.29 is 13.2 Å². The molecule has 1 aliphatic heterocycles. The molecular formula is C13H18N2O3S. The van der Waals surface area contributed by atoms with Crippen LogP contribution in [0.3, 0.4) is 0 Å². The smallest absolute Gasteiger partial charge is 0.180 e. The van der Waals surface area contributed by atoms with Gasteiger partial charge in [-0.1, -0.05) is 6.92 Å². The zero-order valence-electron chi connectivity index (χ0n) is 11.2. The second-order valence-corrected chi connectivity index (χ2v) is 7.07. The van der Waals surface area contributed by atoms with Crippen LogP contribution < -0.4 is 4.90 Å². The molecule has 1 aromatic rings. The monoisotopic (exact) mass is 282 g/mol. The topological polar surface area (TPSA) is 67.3 Å². The maximum absolute atomic E-state index is 11.5. The number of anilines is 1. The number of hydrogen-bond donors (Lipinski definition) is 0. The van der Waals surface area contributed by atoms with E-state index in [0.29, 0.717) is 18.5 Å². The van der Waals surface area contributed by atoms with E-state index in [-0.39, 0.29) is 23.3 Å². The number of nitrogens with zero attached hydrogens (tertiary/aromatic N) is 2. The van der Waals surface area contributed by atoms with Gasteiger partial charge in [-0.15, -0.1) is 0 Å². The van der Waals surface area contributed by atoms with Crippen LogP contribution >= 0.6 is 0 Å². The number of pyridine rings is 1. The van der Waals surface area contributed by atoms with Crippen molar-refractivity contribution in [2.45, 2.75) is 25.8 Å². The van der Waals surface area contributed by atoms with Crippen molar-refractivity contribution in [1.29, 1.82) is 0 Å². The molecule has 1 fully saturated rings. The number of carbonyl (C=O) groups excluding carboxylic acids is 1. The van der Waals surface area contributed by atoms with Gasteiger partial charge in [0.2, 0.25) is 0 Å². The molecule has 1 unspecified atom stereocenters. The van der Waals surface area contributed by atoms with Gasteiger partial charge in [0.05, 0.1) is 23.4 Å². The number of carbonyl (C=O) groups is 1. The van der Waals surface area contributed by atoms with Crippen LogP contribution in [0.4, 0.5) is 5.69 Å². The van der Waals surface area contributed by atoms with Gasteiger partial charge in [-0.3, -0.25) is 9.78 Å². The van der Waals surface area contributed by atoms with Crippen molar-refractivity contribution in [3.63, 3.8) is 0 Å². The molecule has 2 heterocycles. The van der Waals surface area contributed by atoms with E-state index >= 15 is 0 Å². The molecule has 1 aliphatic rings. The Morgan fingerprint density at radius 1 is 1.47 bits per heavy atom. The van der Waals surface area contributed by atoms with Crippen LogP contribution in [-0.2, 0) is 9.84 Å². The highest BCUT2D eigenvalue weighted by molar-refractivity contribution is 7.91. The molecular weight excluding hydrogens is 264 g/mol. The first kappa shape index (κ1) is 14.0. The van der Waals surface area contributed by atoms with Crippen LogP contribution in [0.25, 0.3) is 0 Å². The van der Waals surface area contributed by atoms with Crippen LogP contribution in [0.1, 0.15) is 30.3 Å². The number of aromatic nitrogens is 1. The fourth-order valence-electron chi connectivity index (χ4n) is 2.23. The van der Waals surface area contributed by atoms with Crippen molar-refractivity contribution in [1.82, 2.24) is 4.98 Å². The third-order valence-corrected chi connectivity index (χ3v) is 5.27. The highest BCUT2D eigenvalue weighted by Gasteiger charge is 2.30. The SMILES string of the molecule is CCC(=O)c1ccc(N(C)C2CCS(=O)(=O)C2)cn1. The number of sulfone groups is 1. The van der Waals surface area contributed by atoms with E-state index in [4.69, 9.17) is 0 Å². The Morgan fingerprint density at radius 3 is 2.68 bits per heavy atom. The van der Waals surface area contributed by atoms with Gasteiger partial charge < -0.3 is 4.90 Å². The van der Waals surface area contributed by atoms with Crippen LogP contribution in [0.5, 0.6) is 0 Å². The average molecular weight is 282 g/mol. The maximum atomic E-state index is 11.5. The third-order valence-electron chi connectivity index (χ3n) is 3.52. The Labute approximate surface area is 113 Å². The highest BCUT2D eigenvalue weighted by atomic mass is 32.2.